The van der Waals surface area contributed by atoms with Crippen molar-refractivity contribution in [2.45, 2.75) is 85.5 Å². The van der Waals surface area contributed by atoms with Gasteiger partial charge in [-0.05, 0) is 48.9 Å². The van der Waals surface area contributed by atoms with Crippen molar-refractivity contribution in [3.8, 4) is 0 Å². The Morgan fingerprint density at radius 1 is 1.15 bits per heavy atom. The highest BCUT2D eigenvalue weighted by molar-refractivity contribution is 7.54. The zero-order valence-electron chi connectivity index (χ0n) is 14.8. The van der Waals surface area contributed by atoms with Crippen LogP contribution in [0.1, 0.15) is 85.5 Å². The molecule has 3 atom stereocenters. The van der Waals surface area contributed by atoms with E-state index in [1.54, 1.807) is 0 Å². The summed E-state index contributed by atoms with van der Waals surface area (Å²) in [6.07, 6.45) is 18.5. The Hall–Kier alpha value is 0.170. The third kappa shape index (κ3) is 4.59. The maximum atomic E-state index is 4.19. The second kappa shape index (κ2) is 7.98. The lowest BCUT2D eigenvalue weighted by molar-refractivity contribution is 0.211. The monoisotopic (exact) mass is 297 g/mol. The van der Waals surface area contributed by atoms with Crippen molar-refractivity contribution in [1.82, 2.24) is 0 Å². The lowest BCUT2D eigenvalue weighted by atomic mass is 9.75. The minimum absolute atomic E-state index is 0.0706. The van der Waals surface area contributed by atoms with Crippen molar-refractivity contribution in [3.05, 3.63) is 0 Å². The van der Waals surface area contributed by atoms with Crippen molar-refractivity contribution >= 4 is 13.8 Å². The summed E-state index contributed by atoms with van der Waals surface area (Å²) in [5.41, 5.74) is 1.39. The molecule has 0 bridgehead atoms. The van der Waals surface area contributed by atoms with E-state index in [1.165, 1.54) is 63.9 Å². The molecule has 1 rings (SSSR count). The predicted octanol–water partition coefficient (Wildman–Crippen LogP) is 6.72. The summed E-state index contributed by atoms with van der Waals surface area (Å²) in [6.45, 7) is 11.9. The smallest absolute Gasteiger partial charge is 0.0649 e. The van der Waals surface area contributed by atoms with E-state index in [0.717, 1.165) is 11.3 Å². The Balaban J connectivity index is 2.40. The first-order valence-electron chi connectivity index (χ1n) is 8.99. The highest BCUT2D eigenvalue weighted by Gasteiger charge is 2.51. The van der Waals surface area contributed by atoms with E-state index in [2.05, 4.69) is 40.7 Å². The average molecular weight is 297 g/mol. The standard InChI is InChI=1S/C19H38P/c1-7-18(8-2,9-3)14-12-17-16-19(17,10-4)13-11-15-20(5)6/h17H,5,7-16H2,1-4,6H3/q+1. The van der Waals surface area contributed by atoms with Crippen molar-refractivity contribution in [2.75, 3.05) is 12.8 Å². The molecule has 1 aliphatic carbocycles. The van der Waals surface area contributed by atoms with Crippen molar-refractivity contribution in [3.63, 3.8) is 0 Å². The molecule has 20 heavy (non-hydrogen) atoms. The Kier molecular flexibility index (Phi) is 7.27. The third-order valence-electron chi connectivity index (χ3n) is 6.55. The molecule has 1 fully saturated rings. The van der Waals surface area contributed by atoms with Crippen molar-refractivity contribution in [1.29, 1.82) is 0 Å². The van der Waals surface area contributed by atoms with Crippen LogP contribution in [-0.4, -0.2) is 19.1 Å². The first kappa shape index (κ1) is 18.2. The molecule has 0 radical (unpaired) electrons. The summed E-state index contributed by atoms with van der Waals surface area (Å²) in [7, 11) is 0.0706. The fraction of sp³-hybridized carbons (Fsp3) is 0.947. The fourth-order valence-electron chi connectivity index (χ4n) is 4.22. The maximum Gasteiger partial charge on any atom is 0.105 e. The third-order valence-corrected chi connectivity index (χ3v) is 7.63. The number of hydrogen-bond donors (Lipinski definition) is 0. The fourth-order valence-corrected chi connectivity index (χ4v) is 4.92. The predicted molar refractivity (Wildman–Crippen MR) is 97.4 cm³/mol. The van der Waals surface area contributed by atoms with Gasteiger partial charge in [0.05, 0.1) is 20.5 Å². The zero-order chi connectivity index (χ0) is 15.2. The van der Waals surface area contributed by atoms with E-state index in [4.69, 9.17) is 0 Å². The zero-order valence-corrected chi connectivity index (χ0v) is 15.7. The summed E-state index contributed by atoms with van der Waals surface area (Å²) >= 11 is 0. The molecule has 118 valence electrons. The van der Waals surface area contributed by atoms with Gasteiger partial charge in [0.2, 0.25) is 0 Å². The number of hydrogen-bond acceptors (Lipinski definition) is 0. The van der Waals surface area contributed by atoms with Crippen LogP contribution in [0.25, 0.3) is 0 Å². The van der Waals surface area contributed by atoms with Crippen molar-refractivity contribution in [2.24, 2.45) is 16.7 Å². The van der Waals surface area contributed by atoms with Gasteiger partial charge in [-0.3, -0.25) is 0 Å². The Bertz CT molecular complexity index is 295. The normalized spacial score (nSPS) is 26.6. The van der Waals surface area contributed by atoms with Gasteiger partial charge in [0.25, 0.3) is 0 Å². The van der Waals surface area contributed by atoms with Gasteiger partial charge < -0.3 is 0 Å². The van der Waals surface area contributed by atoms with Crippen LogP contribution in [0, 0.1) is 16.7 Å². The van der Waals surface area contributed by atoms with Gasteiger partial charge in [-0.15, -0.1) is 0 Å². The van der Waals surface area contributed by atoms with E-state index in [-0.39, 0.29) is 7.55 Å². The molecule has 0 nitrogen and oxygen atoms in total. The first-order chi connectivity index (χ1) is 9.47. The lowest BCUT2D eigenvalue weighted by Gasteiger charge is -2.31. The van der Waals surface area contributed by atoms with Gasteiger partial charge in [-0.1, -0.05) is 53.4 Å². The molecule has 0 aliphatic heterocycles. The molecule has 0 N–H and O–H groups in total. The van der Waals surface area contributed by atoms with E-state index < -0.39 is 0 Å². The van der Waals surface area contributed by atoms with Crippen LogP contribution >= 0.6 is 7.55 Å². The molecule has 0 spiro atoms. The van der Waals surface area contributed by atoms with Crippen LogP contribution in [-0.2, 0) is 0 Å². The average Bonchev–Trinajstić information content (AvgIpc) is 3.15. The van der Waals surface area contributed by atoms with Gasteiger partial charge in [-0.2, -0.15) is 0 Å². The van der Waals surface area contributed by atoms with Crippen LogP contribution < -0.4 is 0 Å². The largest absolute Gasteiger partial charge is 0.105 e. The highest BCUT2D eigenvalue weighted by atomic mass is 31.1. The quantitative estimate of drug-likeness (QED) is 0.371. The maximum absolute atomic E-state index is 4.19. The molecule has 0 aromatic rings. The van der Waals surface area contributed by atoms with E-state index in [9.17, 15) is 0 Å². The molecule has 0 aromatic carbocycles. The Morgan fingerprint density at radius 2 is 1.75 bits per heavy atom. The van der Waals surface area contributed by atoms with Crippen molar-refractivity contribution < 1.29 is 0 Å². The van der Waals surface area contributed by atoms with Crippen LogP contribution in [0.2, 0.25) is 0 Å². The molecular weight excluding hydrogens is 259 g/mol. The van der Waals surface area contributed by atoms with Gasteiger partial charge in [0, 0.05) is 0 Å². The molecule has 1 saturated carbocycles. The van der Waals surface area contributed by atoms with Gasteiger partial charge in [0.1, 0.15) is 6.16 Å². The second-order valence-electron chi connectivity index (χ2n) is 7.40. The topological polar surface area (TPSA) is 0 Å². The lowest BCUT2D eigenvalue weighted by Crippen LogP contribution is -2.18. The van der Waals surface area contributed by atoms with Gasteiger partial charge in [0.15, 0.2) is 0 Å². The SMILES string of the molecule is C=[P+](C)CCCC1(CC)CC1CCC(CC)(CC)CC. The second-order valence-corrected chi connectivity index (χ2v) is 9.56. The molecule has 0 aromatic heterocycles. The Morgan fingerprint density at radius 3 is 2.20 bits per heavy atom. The van der Waals surface area contributed by atoms with Crippen LogP contribution in [0.5, 0.6) is 0 Å². The van der Waals surface area contributed by atoms with Crippen LogP contribution in [0.4, 0.5) is 0 Å². The van der Waals surface area contributed by atoms with Gasteiger partial charge in [-0.25, -0.2) is 0 Å². The van der Waals surface area contributed by atoms with E-state index in [1.807, 2.05) is 0 Å². The molecule has 0 heterocycles. The minimum Gasteiger partial charge on any atom is -0.0649 e. The highest BCUT2D eigenvalue weighted by Crippen LogP contribution is 2.61. The molecule has 0 amide bonds. The van der Waals surface area contributed by atoms with E-state index in [0.29, 0.717) is 5.41 Å². The van der Waals surface area contributed by atoms with Crippen LogP contribution in [0.3, 0.4) is 0 Å². The van der Waals surface area contributed by atoms with Gasteiger partial charge >= 0.3 is 0 Å². The molecule has 1 aliphatic rings. The summed E-state index contributed by atoms with van der Waals surface area (Å²) < 4.78 is 0. The summed E-state index contributed by atoms with van der Waals surface area (Å²) in [6, 6.07) is 0. The Labute approximate surface area is 129 Å². The first-order valence-corrected chi connectivity index (χ1v) is 11.1. The molecule has 1 heteroatoms. The molecule has 0 saturated heterocycles. The number of rotatable bonds is 11. The summed E-state index contributed by atoms with van der Waals surface area (Å²) in [5.74, 6) is 1.05. The minimum atomic E-state index is 0.0706. The molecular formula is C19H38P+. The molecule has 3 unspecified atom stereocenters. The summed E-state index contributed by atoms with van der Waals surface area (Å²) in [5, 5.41) is 0. The summed E-state index contributed by atoms with van der Waals surface area (Å²) in [4.78, 5) is 0. The van der Waals surface area contributed by atoms with E-state index >= 15 is 0 Å². The van der Waals surface area contributed by atoms with Crippen LogP contribution in [0.15, 0.2) is 0 Å².